The van der Waals surface area contributed by atoms with Crippen molar-refractivity contribution in [3.8, 4) is 0 Å². The summed E-state index contributed by atoms with van der Waals surface area (Å²) in [5.74, 6) is 1.09. The highest BCUT2D eigenvalue weighted by atomic mass is 32.2. The molecule has 0 radical (unpaired) electrons. The Balaban J connectivity index is 1.75. The van der Waals surface area contributed by atoms with Crippen LogP contribution in [0.2, 0.25) is 0 Å². The Bertz CT molecular complexity index is 505. The summed E-state index contributed by atoms with van der Waals surface area (Å²) in [6.45, 7) is 1.85. The molecule has 0 N–H and O–H groups in total. The molecule has 2 saturated heterocycles. The summed E-state index contributed by atoms with van der Waals surface area (Å²) in [6.07, 6.45) is 4.18. The van der Waals surface area contributed by atoms with Crippen LogP contribution in [0.1, 0.15) is 31.1 Å². The Labute approximate surface area is 113 Å². The van der Waals surface area contributed by atoms with Crippen LogP contribution >= 0.6 is 0 Å². The van der Waals surface area contributed by atoms with Gasteiger partial charge in [-0.05, 0) is 37.3 Å². The first-order valence-corrected chi connectivity index (χ1v) is 8.38. The largest absolute Gasteiger partial charge is 0.468 e. The highest BCUT2D eigenvalue weighted by Crippen LogP contribution is 2.35. The average molecular weight is 285 g/mol. The number of rotatable bonds is 4. The number of sulfonamides is 1. The van der Waals surface area contributed by atoms with E-state index in [4.69, 9.17) is 9.15 Å². The zero-order valence-corrected chi connectivity index (χ0v) is 11.6. The van der Waals surface area contributed by atoms with Gasteiger partial charge in [0, 0.05) is 13.2 Å². The zero-order chi connectivity index (χ0) is 13.3. The fourth-order valence-corrected chi connectivity index (χ4v) is 5.00. The van der Waals surface area contributed by atoms with Gasteiger partial charge in [0.1, 0.15) is 5.76 Å². The van der Waals surface area contributed by atoms with E-state index < -0.39 is 10.0 Å². The fraction of sp³-hybridized carbons (Fsp3) is 0.692. The van der Waals surface area contributed by atoms with E-state index in [-0.39, 0.29) is 17.7 Å². The van der Waals surface area contributed by atoms with Crippen molar-refractivity contribution in [2.24, 2.45) is 5.92 Å². The van der Waals surface area contributed by atoms with Crippen LogP contribution in [-0.2, 0) is 14.8 Å². The van der Waals surface area contributed by atoms with Crippen molar-refractivity contribution < 1.29 is 17.6 Å². The van der Waals surface area contributed by atoms with Crippen molar-refractivity contribution in [1.82, 2.24) is 4.31 Å². The number of hydrogen-bond acceptors (Lipinski definition) is 4. The molecule has 0 bridgehead atoms. The van der Waals surface area contributed by atoms with Gasteiger partial charge in [0.2, 0.25) is 10.0 Å². The van der Waals surface area contributed by atoms with Crippen LogP contribution in [0.4, 0.5) is 0 Å². The number of ether oxygens (including phenoxy) is 1. The highest BCUT2D eigenvalue weighted by molar-refractivity contribution is 7.89. The summed E-state index contributed by atoms with van der Waals surface area (Å²) in [5.41, 5.74) is 0. The summed E-state index contributed by atoms with van der Waals surface area (Å²) in [6, 6.07) is 3.54. The molecular weight excluding hydrogens is 266 g/mol. The normalized spacial score (nSPS) is 29.1. The second kappa shape index (κ2) is 5.26. The highest BCUT2D eigenvalue weighted by Gasteiger charge is 2.38. The van der Waals surface area contributed by atoms with Gasteiger partial charge in [-0.15, -0.1) is 0 Å². The SMILES string of the molecule is O=S(=O)(C[C@@H]1CCOC1)N1CCC[C@H]1c1ccco1. The van der Waals surface area contributed by atoms with Gasteiger partial charge in [-0.25, -0.2) is 8.42 Å². The first-order valence-electron chi connectivity index (χ1n) is 6.77. The van der Waals surface area contributed by atoms with Gasteiger partial charge in [0.25, 0.3) is 0 Å². The molecule has 19 heavy (non-hydrogen) atoms. The van der Waals surface area contributed by atoms with E-state index in [0.29, 0.717) is 19.8 Å². The summed E-state index contributed by atoms with van der Waals surface area (Å²) in [4.78, 5) is 0. The van der Waals surface area contributed by atoms with E-state index in [2.05, 4.69) is 0 Å². The topological polar surface area (TPSA) is 59.8 Å². The first-order chi connectivity index (χ1) is 9.17. The lowest BCUT2D eigenvalue weighted by Gasteiger charge is -2.23. The molecule has 0 saturated carbocycles. The van der Waals surface area contributed by atoms with Crippen LogP contribution < -0.4 is 0 Å². The van der Waals surface area contributed by atoms with Gasteiger partial charge in [-0.3, -0.25) is 0 Å². The van der Waals surface area contributed by atoms with Gasteiger partial charge in [-0.1, -0.05) is 0 Å². The molecule has 2 aliphatic rings. The third kappa shape index (κ3) is 2.70. The number of furan rings is 1. The minimum Gasteiger partial charge on any atom is -0.468 e. The van der Waals surface area contributed by atoms with Crippen molar-refractivity contribution in [2.45, 2.75) is 25.3 Å². The lowest BCUT2D eigenvalue weighted by molar-refractivity contribution is 0.188. The van der Waals surface area contributed by atoms with Crippen LogP contribution in [-0.4, -0.2) is 38.2 Å². The van der Waals surface area contributed by atoms with Crippen LogP contribution in [0.25, 0.3) is 0 Å². The third-order valence-corrected chi connectivity index (χ3v) is 5.95. The van der Waals surface area contributed by atoms with E-state index in [9.17, 15) is 8.42 Å². The molecule has 0 unspecified atom stereocenters. The Morgan fingerprint density at radius 1 is 1.37 bits per heavy atom. The van der Waals surface area contributed by atoms with Crippen LogP contribution in [0, 0.1) is 5.92 Å². The van der Waals surface area contributed by atoms with Crippen molar-refractivity contribution in [3.05, 3.63) is 24.2 Å². The predicted molar refractivity (Wildman–Crippen MR) is 70.1 cm³/mol. The van der Waals surface area contributed by atoms with Crippen LogP contribution in [0.15, 0.2) is 22.8 Å². The number of hydrogen-bond donors (Lipinski definition) is 0. The second-order valence-electron chi connectivity index (χ2n) is 5.29. The molecule has 6 heteroatoms. The molecule has 0 aromatic carbocycles. The first kappa shape index (κ1) is 13.1. The molecule has 2 atom stereocenters. The molecule has 106 valence electrons. The molecule has 0 aliphatic carbocycles. The van der Waals surface area contributed by atoms with Crippen LogP contribution in [0.3, 0.4) is 0 Å². The Hall–Kier alpha value is -0.850. The summed E-state index contributed by atoms with van der Waals surface area (Å²) >= 11 is 0. The smallest absolute Gasteiger partial charge is 0.215 e. The van der Waals surface area contributed by atoms with E-state index in [1.807, 2.05) is 12.1 Å². The molecule has 3 rings (SSSR count). The van der Waals surface area contributed by atoms with E-state index in [1.165, 1.54) is 0 Å². The maximum absolute atomic E-state index is 12.5. The summed E-state index contributed by atoms with van der Waals surface area (Å²) in [5, 5.41) is 0. The Morgan fingerprint density at radius 2 is 2.26 bits per heavy atom. The maximum atomic E-state index is 12.5. The summed E-state index contributed by atoms with van der Waals surface area (Å²) < 4.78 is 37.3. The molecule has 2 fully saturated rings. The van der Waals surface area contributed by atoms with Crippen molar-refractivity contribution in [1.29, 1.82) is 0 Å². The minimum atomic E-state index is -3.23. The molecule has 0 amide bonds. The van der Waals surface area contributed by atoms with Gasteiger partial charge < -0.3 is 9.15 Å². The maximum Gasteiger partial charge on any atom is 0.215 e. The molecule has 1 aromatic heterocycles. The van der Waals surface area contributed by atoms with E-state index >= 15 is 0 Å². The van der Waals surface area contributed by atoms with E-state index in [0.717, 1.165) is 25.0 Å². The molecule has 3 heterocycles. The number of nitrogens with zero attached hydrogens (tertiary/aromatic N) is 1. The standard InChI is InChI=1S/C13H19NO4S/c15-19(16,10-11-5-8-17-9-11)14-6-1-3-12(14)13-4-2-7-18-13/h2,4,7,11-12H,1,3,5-6,8-10H2/t11-,12+/m1/s1. The molecule has 5 nitrogen and oxygen atoms in total. The molecular formula is C13H19NO4S. The molecule has 2 aliphatic heterocycles. The second-order valence-corrected chi connectivity index (χ2v) is 7.26. The lowest BCUT2D eigenvalue weighted by atomic mass is 10.2. The van der Waals surface area contributed by atoms with E-state index in [1.54, 1.807) is 10.6 Å². The third-order valence-electron chi connectivity index (χ3n) is 3.90. The van der Waals surface area contributed by atoms with Gasteiger partial charge >= 0.3 is 0 Å². The van der Waals surface area contributed by atoms with Gasteiger partial charge in [0.05, 0.1) is 24.7 Å². The zero-order valence-electron chi connectivity index (χ0n) is 10.8. The molecule has 1 aromatic rings. The van der Waals surface area contributed by atoms with Crippen LogP contribution in [0.5, 0.6) is 0 Å². The minimum absolute atomic E-state index is 0.123. The van der Waals surface area contributed by atoms with Gasteiger partial charge in [0.15, 0.2) is 0 Å². The van der Waals surface area contributed by atoms with Crippen molar-refractivity contribution >= 4 is 10.0 Å². The predicted octanol–water partition coefficient (Wildman–Crippen LogP) is 1.78. The molecule has 0 spiro atoms. The van der Waals surface area contributed by atoms with Crippen molar-refractivity contribution in [2.75, 3.05) is 25.5 Å². The quantitative estimate of drug-likeness (QED) is 0.846. The van der Waals surface area contributed by atoms with Gasteiger partial charge in [-0.2, -0.15) is 4.31 Å². The summed E-state index contributed by atoms with van der Waals surface area (Å²) in [7, 11) is -3.23. The Morgan fingerprint density at radius 3 is 2.95 bits per heavy atom. The Kier molecular flexibility index (Phi) is 3.64. The monoisotopic (exact) mass is 285 g/mol. The van der Waals surface area contributed by atoms with Crippen molar-refractivity contribution in [3.63, 3.8) is 0 Å². The lowest BCUT2D eigenvalue weighted by Crippen LogP contribution is -2.35. The average Bonchev–Trinajstić information content (AvgIpc) is 3.11. The fourth-order valence-electron chi connectivity index (χ4n) is 2.95.